The van der Waals surface area contributed by atoms with E-state index in [1.807, 2.05) is 12.1 Å². The summed E-state index contributed by atoms with van der Waals surface area (Å²) in [4.78, 5) is 11.2. The molecule has 0 amide bonds. The molecule has 2 aliphatic rings. The second-order valence-corrected chi connectivity index (χ2v) is 7.04. The average molecular weight is 353 g/mol. The maximum atomic E-state index is 11.2. The largest absolute Gasteiger partial charge is 0.489 e. The van der Waals surface area contributed by atoms with Crippen LogP contribution in [0.5, 0.6) is 5.75 Å². The maximum Gasteiger partial charge on any atom is 0.153 e. The van der Waals surface area contributed by atoms with Crippen molar-refractivity contribution in [3.8, 4) is 5.75 Å². The molecule has 1 aromatic rings. The molecule has 2 fully saturated rings. The number of halogens is 1. The van der Waals surface area contributed by atoms with E-state index in [4.69, 9.17) is 9.47 Å². The molecule has 21 heavy (non-hydrogen) atoms. The van der Waals surface area contributed by atoms with Crippen molar-refractivity contribution in [3.05, 3.63) is 28.2 Å². The van der Waals surface area contributed by atoms with E-state index >= 15 is 0 Å². The number of hydrogen-bond donors (Lipinski definition) is 0. The van der Waals surface area contributed by atoms with Crippen molar-refractivity contribution in [2.75, 3.05) is 6.61 Å². The predicted molar refractivity (Wildman–Crippen MR) is 84.9 cm³/mol. The summed E-state index contributed by atoms with van der Waals surface area (Å²) in [6.45, 7) is 0.762. The van der Waals surface area contributed by atoms with Crippen molar-refractivity contribution in [3.63, 3.8) is 0 Å². The number of ether oxygens (including phenoxy) is 2. The lowest BCUT2D eigenvalue weighted by atomic mass is 9.79. The number of aldehydes is 1. The Labute approximate surface area is 134 Å². The van der Waals surface area contributed by atoms with Crippen LogP contribution >= 0.6 is 15.9 Å². The first-order valence-corrected chi connectivity index (χ1v) is 8.55. The smallest absolute Gasteiger partial charge is 0.153 e. The lowest BCUT2D eigenvalue weighted by Crippen LogP contribution is -2.45. The normalized spacial score (nSPS) is 24.7. The molecule has 3 nitrogen and oxygen atoms in total. The Morgan fingerprint density at radius 3 is 2.86 bits per heavy atom. The van der Waals surface area contributed by atoms with Gasteiger partial charge >= 0.3 is 0 Å². The monoisotopic (exact) mass is 352 g/mol. The molecule has 1 aromatic carbocycles. The van der Waals surface area contributed by atoms with Gasteiger partial charge in [0.1, 0.15) is 11.9 Å². The highest BCUT2D eigenvalue weighted by Crippen LogP contribution is 2.39. The summed E-state index contributed by atoms with van der Waals surface area (Å²) in [6.07, 6.45) is 8.97. The first kappa shape index (κ1) is 15.0. The standard InChI is InChI=1S/C17H21BrO3/c18-14-4-5-16(13(10-14)12-19)21-15-6-9-20-17(11-15)7-2-1-3-8-17/h4-5,10,12,15H,1-3,6-9,11H2. The molecule has 1 saturated heterocycles. The van der Waals surface area contributed by atoms with Gasteiger partial charge in [-0.1, -0.05) is 35.2 Å². The average Bonchev–Trinajstić information content (AvgIpc) is 2.50. The fourth-order valence-electron chi connectivity index (χ4n) is 3.53. The van der Waals surface area contributed by atoms with Crippen molar-refractivity contribution < 1.29 is 14.3 Å². The van der Waals surface area contributed by atoms with Crippen molar-refractivity contribution in [1.82, 2.24) is 0 Å². The van der Waals surface area contributed by atoms with Crippen LogP contribution in [-0.4, -0.2) is 24.6 Å². The zero-order valence-corrected chi connectivity index (χ0v) is 13.7. The van der Waals surface area contributed by atoms with E-state index < -0.39 is 0 Å². The Kier molecular flexibility index (Phi) is 4.65. The highest BCUT2D eigenvalue weighted by atomic mass is 79.9. The van der Waals surface area contributed by atoms with Gasteiger partial charge in [-0.2, -0.15) is 0 Å². The summed E-state index contributed by atoms with van der Waals surface area (Å²) >= 11 is 3.39. The minimum absolute atomic E-state index is 0.0257. The van der Waals surface area contributed by atoms with Crippen LogP contribution < -0.4 is 4.74 Å². The van der Waals surface area contributed by atoms with Crippen LogP contribution in [0.25, 0.3) is 0 Å². The summed E-state index contributed by atoms with van der Waals surface area (Å²) in [5.41, 5.74) is 0.631. The van der Waals surface area contributed by atoms with Gasteiger partial charge in [-0.05, 0) is 31.0 Å². The lowest BCUT2D eigenvalue weighted by molar-refractivity contribution is -0.129. The first-order valence-electron chi connectivity index (χ1n) is 7.76. The maximum absolute atomic E-state index is 11.2. The van der Waals surface area contributed by atoms with Gasteiger partial charge in [0.25, 0.3) is 0 Å². The molecule has 1 aliphatic carbocycles. The molecular weight excluding hydrogens is 332 g/mol. The van der Waals surface area contributed by atoms with E-state index in [9.17, 15) is 4.79 Å². The van der Waals surface area contributed by atoms with Gasteiger partial charge in [0, 0.05) is 17.3 Å². The Morgan fingerprint density at radius 2 is 2.10 bits per heavy atom. The van der Waals surface area contributed by atoms with Gasteiger partial charge in [0.2, 0.25) is 0 Å². The summed E-state index contributed by atoms with van der Waals surface area (Å²) in [7, 11) is 0. The SMILES string of the molecule is O=Cc1cc(Br)ccc1OC1CCOC2(CCCCC2)C1. The van der Waals surface area contributed by atoms with Gasteiger partial charge in [0.15, 0.2) is 6.29 Å². The zero-order chi connectivity index (χ0) is 14.7. The molecule has 0 N–H and O–H groups in total. The van der Waals surface area contributed by atoms with Crippen LogP contribution in [0.1, 0.15) is 55.3 Å². The molecular formula is C17H21BrO3. The zero-order valence-electron chi connectivity index (χ0n) is 12.1. The van der Waals surface area contributed by atoms with Crippen molar-refractivity contribution in [2.45, 2.75) is 56.7 Å². The lowest BCUT2D eigenvalue weighted by Gasteiger charge is -2.43. The molecule has 0 bridgehead atoms. The van der Waals surface area contributed by atoms with Gasteiger partial charge in [-0.25, -0.2) is 0 Å². The highest BCUT2D eigenvalue weighted by molar-refractivity contribution is 9.10. The van der Waals surface area contributed by atoms with Crippen LogP contribution in [0.3, 0.4) is 0 Å². The summed E-state index contributed by atoms with van der Waals surface area (Å²) in [5, 5.41) is 0. The van der Waals surface area contributed by atoms with Crippen molar-refractivity contribution in [1.29, 1.82) is 0 Å². The quantitative estimate of drug-likeness (QED) is 0.750. The van der Waals surface area contributed by atoms with Gasteiger partial charge < -0.3 is 9.47 Å². The Morgan fingerprint density at radius 1 is 1.29 bits per heavy atom. The molecule has 1 heterocycles. The van der Waals surface area contributed by atoms with E-state index in [0.717, 1.165) is 43.0 Å². The minimum Gasteiger partial charge on any atom is -0.489 e. The Hall–Kier alpha value is -0.870. The Balaban J connectivity index is 1.71. The molecule has 1 atom stereocenters. The van der Waals surface area contributed by atoms with Gasteiger partial charge in [-0.15, -0.1) is 0 Å². The van der Waals surface area contributed by atoms with E-state index in [2.05, 4.69) is 15.9 Å². The Bertz CT molecular complexity index is 503. The predicted octanol–water partition coefficient (Wildman–Crippen LogP) is 4.52. The summed E-state index contributed by atoms with van der Waals surface area (Å²) in [5.74, 6) is 0.686. The van der Waals surface area contributed by atoms with E-state index in [0.29, 0.717) is 11.3 Å². The number of carbonyl (C=O) groups is 1. The molecule has 4 heteroatoms. The number of hydrogen-bond acceptors (Lipinski definition) is 3. The molecule has 3 rings (SSSR count). The molecule has 0 aromatic heterocycles. The summed E-state index contributed by atoms with van der Waals surface area (Å²) < 4.78 is 13.1. The fraction of sp³-hybridized carbons (Fsp3) is 0.588. The molecule has 1 unspecified atom stereocenters. The van der Waals surface area contributed by atoms with Crippen LogP contribution in [0, 0.1) is 0 Å². The third kappa shape index (κ3) is 3.49. The minimum atomic E-state index is 0.0257. The van der Waals surface area contributed by atoms with Crippen LogP contribution in [0.15, 0.2) is 22.7 Å². The topological polar surface area (TPSA) is 35.5 Å². The number of carbonyl (C=O) groups excluding carboxylic acids is 1. The molecule has 1 saturated carbocycles. The number of rotatable bonds is 3. The van der Waals surface area contributed by atoms with E-state index in [1.165, 1.54) is 19.3 Å². The highest BCUT2D eigenvalue weighted by Gasteiger charge is 2.39. The molecule has 1 spiro atoms. The van der Waals surface area contributed by atoms with Crippen LogP contribution in [0.4, 0.5) is 0 Å². The second-order valence-electron chi connectivity index (χ2n) is 6.12. The van der Waals surface area contributed by atoms with Crippen molar-refractivity contribution >= 4 is 22.2 Å². The van der Waals surface area contributed by atoms with Gasteiger partial charge in [-0.3, -0.25) is 4.79 Å². The molecule has 0 radical (unpaired) electrons. The molecule has 1 aliphatic heterocycles. The van der Waals surface area contributed by atoms with E-state index in [-0.39, 0.29) is 11.7 Å². The second kappa shape index (κ2) is 6.49. The number of benzene rings is 1. The third-order valence-corrected chi connectivity index (χ3v) is 5.10. The molecule has 114 valence electrons. The van der Waals surface area contributed by atoms with Crippen LogP contribution in [0.2, 0.25) is 0 Å². The van der Waals surface area contributed by atoms with Gasteiger partial charge in [0.05, 0.1) is 17.8 Å². The first-order chi connectivity index (χ1) is 10.2. The van der Waals surface area contributed by atoms with E-state index in [1.54, 1.807) is 6.07 Å². The fourth-order valence-corrected chi connectivity index (χ4v) is 3.91. The van der Waals surface area contributed by atoms with Crippen molar-refractivity contribution in [2.24, 2.45) is 0 Å². The summed E-state index contributed by atoms with van der Waals surface area (Å²) in [6, 6.07) is 5.59. The van der Waals surface area contributed by atoms with Crippen LogP contribution in [-0.2, 0) is 4.74 Å². The third-order valence-electron chi connectivity index (χ3n) is 4.60.